The average molecular weight is 548 g/mol. The zero-order valence-corrected chi connectivity index (χ0v) is 23.5. The van der Waals surface area contributed by atoms with Crippen molar-refractivity contribution < 1.29 is 23.9 Å². The second kappa shape index (κ2) is 16.8. The first-order valence-corrected chi connectivity index (χ1v) is 14.2. The number of carbonyl (C=O) groups excluding carboxylic acids is 3. The van der Waals surface area contributed by atoms with Crippen LogP contribution in [0.2, 0.25) is 0 Å². The van der Waals surface area contributed by atoms with Gasteiger partial charge in [-0.1, -0.05) is 50.6 Å². The van der Waals surface area contributed by atoms with Crippen LogP contribution >= 0.6 is 11.8 Å². The molecule has 38 heavy (non-hydrogen) atoms. The van der Waals surface area contributed by atoms with E-state index in [1.165, 1.54) is 7.11 Å². The second-order valence-electron chi connectivity index (χ2n) is 9.27. The van der Waals surface area contributed by atoms with Crippen molar-refractivity contribution in [3.8, 4) is 0 Å². The summed E-state index contributed by atoms with van der Waals surface area (Å²) in [6, 6.07) is 7.62. The SMILES string of the molecule is CCC(C)C(COC(Cc1ccccc1)C(=O)NC(CCSC)C(=O)OC)NC(=O)[C@@H](N)Cc1cnc[nH]1. The lowest BCUT2D eigenvalue weighted by Crippen LogP contribution is -2.52. The van der Waals surface area contributed by atoms with E-state index in [9.17, 15) is 14.4 Å². The summed E-state index contributed by atoms with van der Waals surface area (Å²) in [4.78, 5) is 45.4. The molecule has 0 spiro atoms. The molecule has 2 rings (SSSR count). The third kappa shape index (κ3) is 10.5. The minimum atomic E-state index is -0.874. The zero-order valence-electron chi connectivity index (χ0n) is 22.6. The lowest BCUT2D eigenvalue weighted by atomic mass is 9.99. The van der Waals surface area contributed by atoms with Crippen LogP contribution in [-0.2, 0) is 36.7 Å². The van der Waals surface area contributed by atoms with Crippen LogP contribution in [0.3, 0.4) is 0 Å². The summed E-state index contributed by atoms with van der Waals surface area (Å²) in [5.41, 5.74) is 7.81. The Bertz CT molecular complexity index is 976. The van der Waals surface area contributed by atoms with Crippen LogP contribution < -0.4 is 16.4 Å². The van der Waals surface area contributed by atoms with Crippen LogP contribution in [0, 0.1) is 5.92 Å². The number of amides is 2. The number of methoxy groups -OCH3 is 1. The lowest BCUT2D eigenvalue weighted by Gasteiger charge is -2.28. The fourth-order valence-corrected chi connectivity index (χ4v) is 4.29. The molecule has 210 valence electrons. The molecule has 10 nitrogen and oxygen atoms in total. The van der Waals surface area contributed by atoms with Gasteiger partial charge in [-0.15, -0.1) is 0 Å². The third-order valence-corrected chi connectivity index (χ3v) is 7.08. The number of imidazole rings is 1. The van der Waals surface area contributed by atoms with Gasteiger partial charge in [-0.25, -0.2) is 9.78 Å². The third-order valence-electron chi connectivity index (χ3n) is 6.44. The molecule has 1 heterocycles. The first-order valence-electron chi connectivity index (χ1n) is 12.8. The Morgan fingerprint density at radius 2 is 1.87 bits per heavy atom. The second-order valence-corrected chi connectivity index (χ2v) is 10.3. The minimum absolute atomic E-state index is 0.0723. The Morgan fingerprint density at radius 1 is 1.13 bits per heavy atom. The topological polar surface area (TPSA) is 148 Å². The molecule has 0 bridgehead atoms. The number of hydrogen-bond donors (Lipinski definition) is 4. The largest absolute Gasteiger partial charge is 0.467 e. The maximum Gasteiger partial charge on any atom is 0.328 e. The number of nitrogens with one attached hydrogen (secondary N) is 3. The van der Waals surface area contributed by atoms with E-state index < -0.39 is 30.1 Å². The van der Waals surface area contributed by atoms with Crippen molar-refractivity contribution in [3.05, 3.63) is 54.1 Å². The van der Waals surface area contributed by atoms with Gasteiger partial charge in [-0.3, -0.25) is 9.59 Å². The number of aromatic amines is 1. The number of carbonyl (C=O) groups is 3. The van der Waals surface area contributed by atoms with Crippen LogP contribution in [0.5, 0.6) is 0 Å². The molecule has 1 aromatic carbocycles. The molecule has 2 amide bonds. The van der Waals surface area contributed by atoms with E-state index in [1.807, 2.05) is 50.4 Å². The van der Waals surface area contributed by atoms with Gasteiger partial charge < -0.3 is 30.8 Å². The predicted octanol–water partition coefficient (Wildman–Crippen LogP) is 1.85. The molecule has 0 aliphatic rings. The highest BCUT2D eigenvalue weighted by atomic mass is 32.2. The standard InChI is InChI=1S/C27H41N5O5S/c1-5-18(2)23(32-25(33)21(28)14-20-15-29-17-30-20)16-37-24(13-19-9-7-6-8-10-19)26(34)31-22(11-12-38-4)27(35)36-3/h6-10,15,17-18,21-24H,5,11-14,16,28H2,1-4H3,(H,29,30)(H,31,34)(H,32,33)/t18?,21-,22?,23?,24?/m0/s1. The smallest absolute Gasteiger partial charge is 0.328 e. The van der Waals surface area contributed by atoms with E-state index in [4.69, 9.17) is 15.2 Å². The van der Waals surface area contributed by atoms with Crippen molar-refractivity contribution in [2.24, 2.45) is 11.7 Å². The Labute approximate surface area is 229 Å². The molecule has 5 atom stereocenters. The number of thioether (sulfide) groups is 1. The number of ether oxygens (including phenoxy) is 2. The van der Waals surface area contributed by atoms with Crippen molar-refractivity contribution in [1.82, 2.24) is 20.6 Å². The number of hydrogen-bond acceptors (Lipinski definition) is 8. The molecule has 0 saturated heterocycles. The number of esters is 1. The van der Waals surface area contributed by atoms with Crippen molar-refractivity contribution in [2.45, 2.75) is 63.8 Å². The first kappa shape index (κ1) is 31.3. The maximum atomic E-state index is 13.3. The first-order chi connectivity index (χ1) is 18.3. The number of nitrogens with two attached hydrogens (primary N) is 1. The van der Waals surface area contributed by atoms with Crippen LogP contribution in [-0.4, -0.2) is 77.7 Å². The Kier molecular flexibility index (Phi) is 13.9. The van der Waals surface area contributed by atoms with Crippen molar-refractivity contribution >= 4 is 29.5 Å². The summed E-state index contributed by atoms with van der Waals surface area (Å²) >= 11 is 1.58. The van der Waals surface area contributed by atoms with Gasteiger partial charge in [0.05, 0.1) is 32.1 Å². The summed E-state index contributed by atoms with van der Waals surface area (Å²) in [5, 5.41) is 5.81. The summed E-state index contributed by atoms with van der Waals surface area (Å²) in [6.45, 7) is 4.14. The highest BCUT2D eigenvalue weighted by Gasteiger charge is 2.29. The van der Waals surface area contributed by atoms with E-state index in [1.54, 1.807) is 24.3 Å². The van der Waals surface area contributed by atoms with Gasteiger partial charge in [0.1, 0.15) is 12.1 Å². The monoisotopic (exact) mass is 547 g/mol. The van der Waals surface area contributed by atoms with E-state index in [-0.39, 0.29) is 24.5 Å². The Hall–Kier alpha value is -2.89. The minimum Gasteiger partial charge on any atom is -0.467 e. The van der Waals surface area contributed by atoms with Crippen LogP contribution in [0.25, 0.3) is 0 Å². The molecular weight excluding hydrogens is 506 g/mol. The Morgan fingerprint density at radius 3 is 2.47 bits per heavy atom. The summed E-state index contributed by atoms with van der Waals surface area (Å²) in [7, 11) is 1.30. The highest BCUT2D eigenvalue weighted by Crippen LogP contribution is 2.13. The molecule has 5 N–H and O–H groups in total. The van der Waals surface area contributed by atoms with Crippen molar-refractivity contribution in [2.75, 3.05) is 25.7 Å². The molecule has 0 radical (unpaired) electrons. The van der Waals surface area contributed by atoms with E-state index in [2.05, 4.69) is 20.6 Å². The van der Waals surface area contributed by atoms with Crippen LogP contribution in [0.15, 0.2) is 42.9 Å². The molecule has 1 aromatic heterocycles. The summed E-state index contributed by atoms with van der Waals surface area (Å²) in [5.74, 6) is -0.452. The fraction of sp³-hybridized carbons (Fsp3) is 0.556. The quantitative estimate of drug-likeness (QED) is 0.219. The molecule has 0 saturated carbocycles. The van der Waals surface area contributed by atoms with E-state index in [0.29, 0.717) is 25.0 Å². The normalized spacial score (nSPS) is 15.1. The van der Waals surface area contributed by atoms with E-state index >= 15 is 0 Å². The van der Waals surface area contributed by atoms with Crippen molar-refractivity contribution in [3.63, 3.8) is 0 Å². The number of nitrogens with zero attached hydrogens (tertiary/aromatic N) is 1. The zero-order chi connectivity index (χ0) is 27.9. The molecular formula is C27H41N5O5S. The van der Waals surface area contributed by atoms with Crippen LogP contribution in [0.4, 0.5) is 0 Å². The van der Waals surface area contributed by atoms with Gasteiger partial charge in [0.25, 0.3) is 0 Å². The van der Waals surface area contributed by atoms with Crippen LogP contribution in [0.1, 0.15) is 37.9 Å². The number of aromatic nitrogens is 2. The number of rotatable bonds is 17. The molecule has 0 aliphatic heterocycles. The van der Waals surface area contributed by atoms with Gasteiger partial charge in [0, 0.05) is 24.7 Å². The lowest BCUT2D eigenvalue weighted by molar-refractivity contribution is -0.147. The highest BCUT2D eigenvalue weighted by molar-refractivity contribution is 7.98. The van der Waals surface area contributed by atoms with Crippen molar-refractivity contribution in [1.29, 1.82) is 0 Å². The average Bonchev–Trinajstić information content (AvgIpc) is 3.44. The molecule has 2 aromatic rings. The summed E-state index contributed by atoms with van der Waals surface area (Å²) < 4.78 is 11.0. The van der Waals surface area contributed by atoms with Gasteiger partial charge in [-0.05, 0) is 29.9 Å². The van der Waals surface area contributed by atoms with Gasteiger partial charge in [0.15, 0.2) is 0 Å². The van der Waals surface area contributed by atoms with Gasteiger partial charge in [0.2, 0.25) is 11.8 Å². The Balaban J connectivity index is 2.13. The number of H-pyrrole nitrogens is 1. The maximum absolute atomic E-state index is 13.3. The molecule has 0 fully saturated rings. The summed E-state index contributed by atoms with van der Waals surface area (Å²) in [6.07, 6.45) is 6.10. The predicted molar refractivity (Wildman–Crippen MR) is 148 cm³/mol. The fourth-order valence-electron chi connectivity index (χ4n) is 3.82. The number of benzene rings is 1. The molecule has 4 unspecified atom stereocenters. The van der Waals surface area contributed by atoms with Gasteiger partial charge in [-0.2, -0.15) is 11.8 Å². The molecule has 11 heteroatoms. The van der Waals surface area contributed by atoms with E-state index in [0.717, 1.165) is 17.7 Å². The van der Waals surface area contributed by atoms with Gasteiger partial charge >= 0.3 is 5.97 Å². The molecule has 0 aliphatic carbocycles.